The molecule has 0 aromatic rings. The van der Waals surface area contributed by atoms with E-state index in [-0.39, 0.29) is 0 Å². The zero-order valence-corrected chi connectivity index (χ0v) is 10.8. The van der Waals surface area contributed by atoms with Gasteiger partial charge in [-0.05, 0) is 31.1 Å². The van der Waals surface area contributed by atoms with Crippen molar-refractivity contribution in [1.29, 1.82) is 0 Å². The lowest BCUT2D eigenvalue weighted by Gasteiger charge is -2.25. The Morgan fingerprint density at radius 2 is 1.71 bits per heavy atom. The number of guanidine groups is 1. The van der Waals surface area contributed by atoms with E-state index < -0.39 is 0 Å². The van der Waals surface area contributed by atoms with Crippen molar-refractivity contribution >= 4 is 5.96 Å². The highest BCUT2D eigenvalue weighted by Crippen LogP contribution is 2.48. The molecule has 1 saturated heterocycles. The lowest BCUT2D eigenvalue weighted by Crippen LogP contribution is -2.38. The van der Waals surface area contributed by atoms with Gasteiger partial charge in [0.2, 0.25) is 0 Å². The Morgan fingerprint density at radius 3 is 2.29 bits per heavy atom. The molecule has 1 heterocycles. The van der Waals surface area contributed by atoms with Gasteiger partial charge in [0.15, 0.2) is 5.96 Å². The smallest absolute Gasteiger partial charge is 0.191 e. The van der Waals surface area contributed by atoms with Crippen molar-refractivity contribution in [3.8, 4) is 0 Å². The van der Waals surface area contributed by atoms with Gasteiger partial charge in [-0.3, -0.25) is 0 Å². The number of hydrogen-bond donors (Lipinski definition) is 1. The normalized spacial score (nSPS) is 35.3. The van der Waals surface area contributed by atoms with E-state index in [9.17, 15) is 0 Å². The van der Waals surface area contributed by atoms with Gasteiger partial charge >= 0.3 is 0 Å². The third-order valence-electron chi connectivity index (χ3n) is 4.79. The van der Waals surface area contributed by atoms with Crippen LogP contribution in [-0.2, 0) is 0 Å². The van der Waals surface area contributed by atoms with Crippen LogP contribution in [0.3, 0.4) is 0 Å². The maximum Gasteiger partial charge on any atom is 0.191 e. The zero-order chi connectivity index (χ0) is 11.7. The average Bonchev–Trinajstić information content (AvgIpc) is 2.99. The molecule has 96 valence electrons. The molecule has 0 bridgehead atoms. The Hall–Kier alpha value is -0.730. The first kappa shape index (κ1) is 11.4. The molecule has 2 aliphatic carbocycles. The molecule has 2 atom stereocenters. The van der Waals surface area contributed by atoms with Crippen LogP contribution in [0.4, 0.5) is 0 Å². The highest BCUT2D eigenvalue weighted by molar-refractivity contribution is 5.78. The van der Waals surface area contributed by atoms with Crippen LogP contribution in [0.25, 0.3) is 0 Å². The molecule has 0 spiro atoms. The molecule has 3 aliphatic rings. The minimum absolute atomic E-state index is 0.573. The first-order valence-electron chi connectivity index (χ1n) is 7.43. The number of hydrogen-bond acceptors (Lipinski definition) is 1. The van der Waals surface area contributed by atoms with Gasteiger partial charge < -0.3 is 10.6 Å². The van der Waals surface area contributed by atoms with Crippen LogP contribution in [0.1, 0.15) is 51.4 Å². The second-order valence-corrected chi connectivity index (χ2v) is 6.05. The lowest BCUT2D eigenvalue weighted by molar-refractivity contribution is 0.273. The maximum absolute atomic E-state index is 6.16. The molecule has 0 amide bonds. The van der Waals surface area contributed by atoms with Crippen molar-refractivity contribution in [1.82, 2.24) is 4.90 Å². The molecular weight excluding hydrogens is 210 g/mol. The molecule has 3 heteroatoms. The van der Waals surface area contributed by atoms with Crippen LogP contribution in [0.5, 0.6) is 0 Å². The van der Waals surface area contributed by atoms with E-state index in [2.05, 4.69) is 4.90 Å². The number of likely N-dealkylation sites (tertiary alicyclic amines) is 1. The fourth-order valence-electron chi connectivity index (χ4n) is 3.27. The third-order valence-corrected chi connectivity index (χ3v) is 4.79. The maximum atomic E-state index is 6.16. The summed E-state index contributed by atoms with van der Waals surface area (Å²) in [5, 5.41) is 0. The molecule has 17 heavy (non-hydrogen) atoms. The molecule has 1 aliphatic heterocycles. The van der Waals surface area contributed by atoms with E-state index in [1.54, 1.807) is 0 Å². The molecular formula is C14H25N3. The predicted molar refractivity (Wildman–Crippen MR) is 70.9 cm³/mol. The molecule has 2 saturated carbocycles. The van der Waals surface area contributed by atoms with E-state index in [0.29, 0.717) is 6.04 Å². The second-order valence-electron chi connectivity index (χ2n) is 6.05. The number of rotatable bonds is 2. The summed E-state index contributed by atoms with van der Waals surface area (Å²) in [6.45, 7) is 2.24. The van der Waals surface area contributed by atoms with Gasteiger partial charge in [0, 0.05) is 13.1 Å². The average molecular weight is 235 g/mol. The number of aliphatic imine (C=N–C) groups is 1. The first-order valence-corrected chi connectivity index (χ1v) is 7.43. The van der Waals surface area contributed by atoms with E-state index in [0.717, 1.165) is 30.9 Å². The molecule has 0 aromatic heterocycles. The van der Waals surface area contributed by atoms with E-state index in [1.807, 2.05) is 0 Å². The van der Waals surface area contributed by atoms with Crippen molar-refractivity contribution < 1.29 is 0 Å². The monoisotopic (exact) mass is 235 g/mol. The molecule has 0 unspecified atom stereocenters. The van der Waals surface area contributed by atoms with Gasteiger partial charge in [0.05, 0.1) is 6.04 Å². The SMILES string of the molecule is NC(=N[C@@H]1C[C@H]1C1CCC1)N1CCCCCC1. The lowest BCUT2D eigenvalue weighted by atomic mass is 9.81. The fourth-order valence-corrected chi connectivity index (χ4v) is 3.27. The number of nitrogens with two attached hydrogens (primary N) is 1. The molecule has 0 aromatic carbocycles. The first-order chi connectivity index (χ1) is 8.34. The van der Waals surface area contributed by atoms with Crippen LogP contribution in [0, 0.1) is 11.8 Å². The predicted octanol–water partition coefficient (Wildman–Crippen LogP) is 2.37. The Bertz CT molecular complexity index is 288. The Morgan fingerprint density at radius 1 is 1.00 bits per heavy atom. The fraction of sp³-hybridized carbons (Fsp3) is 0.929. The highest BCUT2D eigenvalue weighted by atomic mass is 15.3. The van der Waals surface area contributed by atoms with Crippen LogP contribution < -0.4 is 5.73 Å². The number of nitrogens with zero attached hydrogens (tertiary/aromatic N) is 2. The summed E-state index contributed by atoms with van der Waals surface area (Å²) >= 11 is 0. The molecule has 3 fully saturated rings. The summed E-state index contributed by atoms with van der Waals surface area (Å²) < 4.78 is 0. The summed E-state index contributed by atoms with van der Waals surface area (Å²) in [5.41, 5.74) is 6.16. The minimum Gasteiger partial charge on any atom is -0.370 e. The van der Waals surface area contributed by atoms with E-state index in [1.165, 1.54) is 51.4 Å². The highest BCUT2D eigenvalue weighted by Gasteiger charge is 2.45. The van der Waals surface area contributed by atoms with Crippen LogP contribution >= 0.6 is 0 Å². The van der Waals surface area contributed by atoms with Crippen molar-refractivity contribution in [2.45, 2.75) is 57.4 Å². The van der Waals surface area contributed by atoms with E-state index in [4.69, 9.17) is 10.7 Å². The quantitative estimate of drug-likeness (QED) is 0.590. The van der Waals surface area contributed by atoms with Gasteiger partial charge in [-0.25, -0.2) is 4.99 Å². The Kier molecular flexibility index (Phi) is 3.26. The van der Waals surface area contributed by atoms with Gasteiger partial charge in [-0.1, -0.05) is 32.1 Å². The topological polar surface area (TPSA) is 41.6 Å². The Balaban J connectivity index is 1.52. The van der Waals surface area contributed by atoms with Gasteiger partial charge in [-0.15, -0.1) is 0 Å². The molecule has 0 radical (unpaired) electrons. The van der Waals surface area contributed by atoms with Crippen molar-refractivity contribution in [3.63, 3.8) is 0 Å². The minimum atomic E-state index is 0.573. The summed E-state index contributed by atoms with van der Waals surface area (Å²) in [6, 6.07) is 0.573. The summed E-state index contributed by atoms with van der Waals surface area (Å²) in [7, 11) is 0. The summed E-state index contributed by atoms with van der Waals surface area (Å²) in [6.07, 6.45) is 10.9. The molecule has 3 rings (SSSR count). The molecule has 3 nitrogen and oxygen atoms in total. The second kappa shape index (κ2) is 4.87. The van der Waals surface area contributed by atoms with Gasteiger partial charge in [0.1, 0.15) is 0 Å². The van der Waals surface area contributed by atoms with Crippen LogP contribution in [-0.4, -0.2) is 30.0 Å². The van der Waals surface area contributed by atoms with Gasteiger partial charge in [-0.2, -0.15) is 0 Å². The zero-order valence-electron chi connectivity index (χ0n) is 10.8. The largest absolute Gasteiger partial charge is 0.370 e. The standard InChI is InChI=1S/C14H25N3/c15-14(17-8-3-1-2-4-9-17)16-13-10-12(13)11-6-5-7-11/h11-13H,1-10H2,(H2,15,16)/t12-,13+/m0/s1. The van der Waals surface area contributed by atoms with Crippen molar-refractivity contribution in [2.75, 3.05) is 13.1 Å². The van der Waals surface area contributed by atoms with Crippen LogP contribution in [0.15, 0.2) is 4.99 Å². The summed E-state index contributed by atoms with van der Waals surface area (Å²) in [4.78, 5) is 7.07. The molecule has 2 N–H and O–H groups in total. The summed E-state index contributed by atoms with van der Waals surface area (Å²) in [5.74, 6) is 2.70. The Labute approximate surface area is 104 Å². The third kappa shape index (κ3) is 2.58. The van der Waals surface area contributed by atoms with Crippen LogP contribution in [0.2, 0.25) is 0 Å². The van der Waals surface area contributed by atoms with Gasteiger partial charge in [0.25, 0.3) is 0 Å². The van der Waals surface area contributed by atoms with Crippen molar-refractivity contribution in [3.05, 3.63) is 0 Å². The van der Waals surface area contributed by atoms with E-state index >= 15 is 0 Å². The van der Waals surface area contributed by atoms with Crippen molar-refractivity contribution in [2.24, 2.45) is 22.6 Å².